The molecule has 4 aromatic carbocycles. The minimum atomic E-state index is 0.491. The number of ether oxygens (including phenoxy) is 2. The molecule has 9 nitrogen and oxygen atoms in total. The molecule has 0 spiro atoms. The number of nitrogens with zero attached hydrogens (tertiary/aromatic N) is 4. The van der Waals surface area contributed by atoms with Crippen molar-refractivity contribution < 1.29 is 9.47 Å². The lowest BCUT2D eigenvalue weighted by atomic mass is 10.1. The minimum Gasteiger partial charge on any atom is -0.493 e. The van der Waals surface area contributed by atoms with Crippen molar-refractivity contribution in [2.24, 2.45) is 0 Å². The number of likely N-dealkylation sites (N-methyl/N-ethyl adjacent to an activating group) is 1. The monoisotopic (exact) mass is 573 g/mol. The molecule has 43 heavy (non-hydrogen) atoms. The van der Waals surface area contributed by atoms with Crippen LogP contribution >= 0.6 is 0 Å². The quantitative estimate of drug-likeness (QED) is 0.194. The Balaban J connectivity index is 1.07. The van der Waals surface area contributed by atoms with Crippen molar-refractivity contribution in [3.8, 4) is 23.0 Å². The zero-order chi connectivity index (χ0) is 29.2. The number of piperazine rings is 1. The van der Waals surface area contributed by atoms with E-state index in [4.69, 9.17) is 14.5 Å². The highest BCUT2D eigenvalue weighted by Crippen LogP contribution is 2.32. The van der Waals surface area contributed by atoms with Gasteiger partial charge in [0.25, 0.3) is 0 Å². The van der Waals surface area contributed by atoms with Gasteiger partial charge in [0, 0.05) is 49.5 Å². The van der Waals surface area contributed by atoms with E-state index in [0.717, 1.165) is 82.2 Å². The number of hydrogen-bond donors (Lipinski definition) is 3. The van der Waals surface area contributed by atoms with Crippen LogP contribution in [-0.2, 0) is 13.2 Å². The molecule has 2 aromatic heterocycles. The molecule has 1 fully saturated rings. The fraction of sp³-hybridized carbons (Fsp3) is 0.235. The molecule has 0 unspecified atom stereocenters. The summed E-state index contributed by atoms with van der Waals surface area (Å²) in [7, 11) is 3.84. The van der Waals surface area contributed by atoms with E-state index in [1.54, 1.807) is 7.11 Å². The number of aromatic nitrogens is 4. The molecular weight excluding hydrogens is 538 g/mol. The number of rotatable bonds is 9. The Hall–Kier alpha value is -5.02. The third kappa shape index (κ3) is 5.72. The molecule has 6 aromatic rings. The highest BCUT2D eigenvalue weighted by Gasteiger charge is 2.17. The summed E-state index contributed by atoms with van der Waals surface area (Å²) in [6, 6.07) is 28.8. The Kier molecular flexibility index (Phi) is 7.30. The Morgan fingerprint density at radius 1 is 0.837 bits per heavy atom. The first-order valence-corrected chi connectivity index (χ1v) is 14.6. The molecular formula is C34H35N7O2. The van der Waals surface area contributed by atoms with E-state index >= 15 is 0 Å². The topological polar surface area (TPSA) is 94.3 Å². The minimum absolute atomic E-state index is 0.491. The van der Waals surface area contributed by atoms with Crippen molar-refractivity contribution in [1.82, 2.24) is 25.1 Å². The number of anilines is 2. The van der Waals surface area contributed by atoms with Crippen molar-refractivity contribution in [3.63, 3.8) is 0 Å². The van der Waals surface area contributed by atoms with Gasteiger partial charge in [0.05, 0.1) is 23.7 Å². The molecule has 7 rings (SSSR count). The first-order valence-electron chi connectivity index (χ1n) is 14.6. The SMILES string of the molecule is COc1cc(CNc2ccc3[nH]nc(-c4nc5ccc(N6CCN(C)CC6)cc5[nH]4)c3c2)ccc1OCc1ccccc1. The predicted octanol–water partition coefficient (Wildman–Crippen LogP) is 6.06. The number of nitrogens with one attached hydrogen (secondary N) is 3. The molecule has 0 radical (unpaired) electrons. The van der Waals surface area contributed by atoms with Gasteiger partial charge in [-0.05, 0) is 66.7 Å². The highest BCUT2D eigenvalue weighted by molar-refractivity contribution is 5.95. The molecule has 3 N–H and O–H groups in total. The molecule has 0 saturated carbocycles. The number of fused-ring (bicyclic) bond motifs is 2. The molecule has 1 aliphatic rings. The number of aromatic amines is 2. The first-order chi connectivity index (χ1) is 21.1. The lowest BCUT2D eigenvalue weighted by Crippen LogP contribution is -2.44. The number of methoxy groups -OCH3 is 1. The normalized spacial score (nSPS) is 14.0. The van der Waals surface area contributed by atoms with Gasteiger partial charge in [-0.3, -0.25) is 5.10 Å². The molecule has 1 saturated heterocycles. The van der Waals surface area contributed by atoms with Gasteiger partial charge >= 0.3 is 0 Å². The van der Waals surface area contributed by atoms with Crippen LogP contribution in [0.5, 0.6) is 11.5 Å². The summed E-state index contributed by atoms with van der Waals surface area (Å²) in [5, 5.41) is 12.3. The molecule has 0 amide bonds. The van der Waals surface area contributed by atoms with Crippen LogP contribution in [0.2, 0.25) is 0 Å². The van der Waals surface area contributed by atoms with Gasteiger partial charge in [0.1, 0.15) is 12.3 Å². The van der Waals surface area contributed by atoms with Gasteiger partial charge < -0.3 is 29.6 Å². The summed E-state index contributed by atoms with van der Waals surface area (Å²) >= 11 is 0. The fourth-order valence-corrected chi connectivity index (χ4v) is 5.56. The average Bonchev–Trinajstić information content (AvgIpc) is 3.67. The van der Waals surface area contributed by atoms with Crippen LogP contribution in [0.25, 0.3) is 33.5 Å². The summed E-state index contributed by atoms with van der Waals surface area (Å²) in [5.41, 5.74) is 8.13. The van der Waals surface area contributed by atoms with Gasteiger partial charge in [-0.2, -0.15) is 5.10 Å². The third-order valence-electron chi connectivity index (χ3n) is 8.08. The molecule has 218 valence electrons. The molecule has 0 bridgehead atoms. The van der Waals surface area contributed by atoms with E-state index < -0.39 is 0 Å². The first kappa shape index (κ1) is 26.9. The van der Waals surface area contributed by atoms with E-state index in [2.05, 4.69) is 73.7 Å². The highest BCUT2D eigenvalue weighted by atomic mass is 16.5. The van der Waals surface area contributed by atoms with Crippen molar-refractivity contribution in [2.75, 3.05) is 50.6 Å². The van der Waals surface area contributed by atoms with Crippen molar-refractivity contribution >= 4 is 33.3 Å². The Morgan fingerprint density at radius 3 is 2.53 bits per heavy atom. The van der Waals surface area contributed by atoms with Crippen LogP contribution in [0.4, 0.5) is 11.4 Å². The van der Waals surface area contributed by atoms with Gasteiger partial charge in [-0.1, -0.05) is 36.4 Å². The van der Waals surface area contributed by atoms with E-state index in [1.807, 2.05) is 48.5 Å². The van der Waals surface area contributed by atoms with Crippen molar-refractivity contribution in [1.29, 1.82) is 0 Å². The maximum Gasteiger partial charge on any atom is 0.161 e. The second-order valence-corrected chi connectivity index (χ2v) is 11.0. The smallest absolute Gasteiger partial charge is 0.161 e. The fourth-order valence-electron chi connectivity index (χ4n) is 5.56. The lowest BCUT2D eigenvalue weighted by molar-refractivity contribution is 0.284. The van der Waals surface area contributed by atoms with Crippen LogP contribution in [-0.4, -0.2) is 65.4 Å². The van der Waals surface area contributed by atoms with E-state index in [1.165, 1.54) is 5.69 Å². The van der Waals surface area contributed by atoms with E-state index in [0.29, 0.717) is 18.9 Å². The van der Waals surface area contributed by atoms with Crippen LogP contribution in [0.1, 0.15) is 11.1 Å². The van der Waals surface area contributed by atoms with Gasteiger partial charge in [0.2, 0.25) is 0 Å². The maximum atomic E-state index is 6.02. The molecule has 0 aliphatic carbocycles. The second-order valence-electron chi connectivity index (χ2n) is 11.0. The van der Waals surface area contributed by atoms with Crippen LogP contribution in [0.3, 0.4) is 0 Å². The number of hydrogen-bond acceptors (Lipinski definition) is 7. The largest absolute Gasteiger partial charge is 0.493 e. The van der Waals surface area contributed by atoms with Gasteiger partial charge in [-0.15, -0.1) is 0 Å². The summed E-state index contributed by atoms with van der Waals surface area (Å²) in [5.74, 6) is 2.19. The Bertz CT molecular complexity index is 1860. The summed E-state index contributed by atoms with van der Waals surface area (Å²) in [6.07, 6.45) is 0. The predicted molar refractivity (Wildman–Crippen MR) is 172 cm³/mol. The van der Waals surface area contributed by atoms with Gasteiger partial charge in [0.15, 0.2) is 17.3 Å². The number of benzene rings is 4. The van der Waals surface area contributed by atoms with Crippen molar-refractivity contribution in [3.05, 3.63) is 96.1 Å². The van der Waals surface area contributed by atoms with Crippen LogP contribution in [0.15, 0.2) is 84.9 Å². The molecule has 9 heteroatoms. The maximum absolute atomic E-state index is 6.02. The molecule has 1 aliphatic heterocycles. The van der Waals surface area contributed by atoms with E-state index in [9.17, 15) is 0 Å². The molecule has 0 atom stereocenters. The van der Waals surface area contributed by atoms with Crippen molar-refractivity contribution in [2.45, 2.75) is 13.2 Å². The number of imidazole rings is 1. The summed E-state index contributed by atoms with van der Waals surface area (Å²) in [4.78, 5) is 13.2. The van der Waals surface area contributed by atoms with Crippen LogP contribution in [0, 0.1) is 0 Å². The third-order valence-corrected chi connectivity index (χ3v) is 8.08. The lowest BCUT2D eigenvalue weighted by Gasteiger charge is -2.34. The zero-order valence-electron chi connectivity index (χ0n) is 24.4. The number of H-pyrrole nitrogens is 2. The van der Waals surface area contributed by atoms with Gasteiger partial charge in [-0.25, -0.2) is 4.98 Å². The summed E-state index contributed by atoms with van der Waals surface area (Å²) in [6.45, 7) is 5.33. The average molecular weight is 574 g/mol. The second kappa shape index (κ2) is 11.7. The Labute approximate surface area is 250 Å². The molecule has 3 heterocycles. The Morgan fingerprint density at radius 2 is 1.70 bits per heavy atom. The standard InChI is InChI=1S/C34H35N7O2/c1-40-14-16-41(17-15-40)26-10-12-29-30(20-26)37-34(36-29)33-27-19-25(9-11-28(27)38-39-33)35-21-24-8-13-31(32(18-24)42-2)43-22-23-6-4-3-5-7-23/h3-13,18-20,35H,14-17,21-22H2,1-2H3,(H,36,37)(H,38,39). The van der Waals surface area contributed by atoms with Crippen LogP contribution < -0.4 is 19.7 Å². The zero-order valence-corrected chi connectivity index (χ0v) is 24.4. The van der Waals surface area contributed by atoms with E-state index in [-0.39, 0.29) is 0 Å². The summed E-state index contributed by atoms with van der Waals surface area (Å²) < 4.78 is 11.6.